The molecule has 3 heterocycles. The van der Waals surface area contributed by atoms with E-state index in [1.54, 1.807) is 0 Å². The third-order valence-corrected chi connectivity index (χ3v) is 13.1. The third kappa shape index (κ3) is 8.08. The molecule has 1 aliphatic rings. The Hall–Kier alpha value is -3.73. The maximum absolute atomic E-state index is 4.80. The third-order valence-electron chi connectivity index (χ3n) is 9.77. The molecule has 0 unspecified atom stereocenters. The van der Waals surface area contributed by atoms with Crippen LogP contribution in [0.2, 0.25) is 19.6 Å². The quantitative estimate of drug-likeness (QED) is 0.123. The van der Waals surface area contributed by atoms with Gasteiger partial charge >= 0.3 is 0 Å². The molecule has 2 nitrogen and oxygen atoms in total. The molecule has 1 radical (unpaired) electrons. The van der Waals surface area contributed by atoms with E-state index in [9.17, 15) is 0 Å². The van der Waals surface area contributed by atoms with Gasteiger partial charge in [-0.3, -0.25) is 0 Å². The molecule has 1 saturated carbocycles. The van der Waals surface area contributed by atoms with Gasteiger partial charge in [-0.15, -0.1) is 53.6 Å². The summed E-state index contributed by atoms with van der Waals surface area (Å²) in [6.07, 6.45) is 12.1. The molecule has 0 amide bonds. The molecule has 0 saturated heterocycles. The van der Waals surface area contributed by atoms with Gasteiger partial charge in [-0.25, -0.2) is 0 Å². The van der Waals surface area contributed by atoms with Crippen molar-refractivity contribution in [2.45, 2.75) is 65.1 Å². The number of benzene rings is 4. The van der Waals surface area contributed by atoms with Gasteiger partial charge in [-0.05, 0) is 58.1 Å². The van der Waals surface area contributed by atoms with Crippen LogP contribution in [0, 0.1) is 25.0 Å². The van der Waals surface area contributed by atoms with Gasteiger partial charge in [-0.2, -0.15) is 11.3 Å². The maximum atomic E-state index is 4.80. The fraction of sp³-hybridized carbons (Fsp3) is 0.244. The van der Waals surface area contributed by atoms with Crippen molar-refractivity contribution in [2.75, 3.05) is 0 Å². The molecule has 1 aliphatic carbocycles. The van der Waals surface area contributed by atoms with Gasteiger partial charge in [0.2, 0.25) is 0 Å². The minimum Gasteiger partial charge on any atom is -0.305 e. The molecular formula is C45H44IrN2SSi-2. The first-order valence-electron chi connectivity index (χ1n) is 17.7. The van der Waals surface area contributed by atoms with Crippen LogP contribution >= 0.6 is 11.3 Å². The van der Waals surface area contributed by atoms with E-state index in [-0.39, 0.29) is 20.1 Å². The molecule has 50 heavy (non-hydrogen) atoms. The number of hydrogen-bond acceptors (Lipinski definition) is 3. The molecule has 5 heteroatoms. The molecule has 0 N–H and O–H groups in total. The average Bonchev–Trinajstić information content (AvgIpc) is 3.52. The van der Waals surface area contributed by atoms with Crippen LogP contribution in [-0.4, -0.2) is 18.0 Å². The van der Waals surface area contributed by atoms with E-state index >= 15 is 0 Å². The standard InChI is InChI=1S/C30H26NS.C15H18NSi.Ir/c1-3-9-21(10-4-1)19-22-17-18-31-27(20-22)25-16-15-24(23-11-5-2-6-12-23)29-26-13-7-8-14-28(26)32-30(25)29;1-12-10-14(13-8-6-5-7-9-13)16-11-15(12)17(2,3)4;/h2,5-8,11-15,17-18,20-21H,1,3-4,9-10,19H2;5-8,10-11H,1-4H3;/q2*-1;. The van der Waals surface area contributed by atoms with Crippen LogP contribution in [0.15, 0.2) is 116 Å². The summed E-state index contributed by atoms with van der Waals surface area (Å²) in [5, 5.41) is 4.09. The van der Waals surface area contributed by atoms with E-state index in [1.165, 1.54) is 86.1 Å². The Morgan fingerprint density at radius 1 is 0.800 bits per heavy atom. The van der Waals surface area contributed by atoms with Crippen LogP contribution in [0.5, 0.6) is 0 Å². The molecule has 7 aromatic rings. The number of nitrogens with zero attached hydrogens (tertiary/aromatic N) is 2. The first kappa shape index (κ1) is 36.1. The minimum absolute atomic E-state index is 0. The van der Waals surface area contributed by atoms with Gasteiger partial charge in [0.15, 0.2) is 0 Å². The van der Waals surface area contributed by atoms with E-state index in [0.717, 1.165) is 28.4 Å². The Balaban J connectivity index is 0.000000204. The smallest absolute Gasteiger partial charge is 0.0798 e. The van der Waals surface area contributed by atoms with Crippen molar-refractivity contribution in [1.82, 2.24) is 9.97 Å². The van der Waals surface area contributed by atoms with Crippen molar-refractivity contribution in [3.05, 3.63) is 139 Å². The topological polar surface area (TPSA) is 25.8 Å². The molecule has 255 valence electrons. The summed E-state index contributed by atoms with van der Waals surface area (Å²) in [5.41, 5.74) is 9.52. The van der Waals surface area contributed by atoms with E-state index < -0.39 is 8.07 Å². The van der Waals surface area contributed by atoms with Crippen molar-refractivity contribution in [3.8, 4) is 33.6 Å². The van der Waals surface area contributed by atoms with E-state index in [1.807, 2.05) is 35.7 Å². The zero-order valence-corrected chi connectivity index (χ0v) is 33.6. The second kappa shape index (κ2) is 16.1. The predicted molar refractivity (Wildman–Crippen MR) is 213 cm³/mol. The van der Waals surface area contributed by atoms with Crippen molar-refractivity contribution in [1.29, 1.82) is 0 Å². The number of hydrogen-bond donors (Lipinski definition) is 0. The van der Waals surface area contributed by atoms with Gasteiger partial charge in [0, 0.05) is 37.2 Å². The number of aromatic nitrogens is 2. The maximum Gasteiger partial charge on any atom is 0.0798 e. The summed E-state index contributed by atoms with van der Waals surface area (Å²) in [5.74, 6) is 0.827. The summed E-state index contributed by atoms with van der Waals surface area (Å²) in [6.45, 7) is 9.24. The monoisotopic (exact) mass is 865 g/mol. The fourth-order valence-electron chi connectivity index (χ4n) is 7.31. The second-order valence-corrected chi connectivity index (χ2v) is 20.5. The van der Waals surface area contributed by atoms with E-state index in [0.29, 0.717) is 0 Å². The van der Waals surface area contributed by atoms with Crippen molar-refractivity contribution in [3.63, 3.8) is 0 Å². The second-order valence-electron chi connectivity index (χ2n) is 14.4. The zero-order valence-electron chi connectivity index (χ0n) is 29.4. The van der Waals surface area contributed by atoms with E-state index in [2.05, 4.69) is 135 Å². The van der Waals surface area contributed by atoms with Crippen molar-refractivity contribution in [2.24, 2.45) is 5.92 Å². The largest absolute Gasteiger partial charge is 0.305 e. The van der Waals surface area contributed by atoms with Gasteiger partial charge < -0.3 is 9.97 Å². The number of fused-ring (bicyclic) bond motifs is 3. The number of aryl methyl sites for hydroxylation is 1. The molecule has 0 bridgehead atoms. The molecule has 3 aromatic heterocycles. The summed E-state index contributed by atoms with van der Waals surface area (Å²) in [7, 11) is -1.27. The normalized spacial score (nSPS) is 13.4. The predicted octanol–water partition coefficient (Wildman–Crippen LogP) is 12.1. The summed E-state index contributed by atoms with van der Waals surface area (Å²) in [6, 6.07) is 43.1. The van der Waals surface area contributed by atoms with Crippen LogP contribution < -0.4 is 5.19 Å². The molecule has 8 rings (SSSR count). The number of thiophene rings is 1. The summed E-state index contributed by atoms with van der Waals surface area (Å²) < 4.78 is 2.61. The Kier molecular flexibility index (Phi) is 11.6. The van der Waals surface area contributed by atoms with Gasteiger partial charge in [0.1, 0.15) is 0 Å². The molecule has 1 fully saturated rings. The van der Waals surface area contributed by atoms with Crippen molar-refractivity contribution < 1.29 is 20.1 Å². The van der Waals surface area contributed by atoms with Crippen LogP contribution in [0.3, 0.4) is 0 Å². The van der Waals surface area contributed by atoms with Crippen LogP contribution in [0.1, 0.15) is 43.2 Å². The Morgan fingerprint density at radius 2 is 1.56 bits per heavy atom. The van der Waals surface area contributed by atoms with Gasteiger partial charge in [0.25, 0.3) is 0 Å². The Morgan fingerprint density at radius 3 is 2.30 bits per heavy atom. The van der Waals surface area contributed by atoms with E-state index in [4.69, 9.17) is 4.98 Å². The SMILES string of the molecule is Cc1cc(-c2[c-]cccc2)ncc1[Si](C)(C)C.[Ir].[c-]1cc(-c2ccccc2)c2c(sc3ccccc32)c1-c1cc(CC2CCCCC2)ccn1. The summed E-state index contributed by atoms with van der Waals surface area (Å²) in [4.78, 5) is 9.38. The van der Waals surface area contributed by atoms with Gasteiger partial charge in [-0.1, -0.05) is 140 Å². The molecule has 4 aromatic carbocycles. The molecule has 0 aliphatic heterocycles. The molecule has 0 atom stereocenters. The molecular weight excluding hydrogens is 821 g/mol. The zero-order chi connectivity index (χ0) is 33.8. The first-order valence-corrected chi connectivity index (χ1v) is 22.0. The summed E-state index contributed by atoms with van der Waals surface area (Å²) >= 11 is 1.86. The first-order chi connectivity index (χ1) is 23.8. The fourth-order valence-corrected chi connectivity index (χ4v) is 10.3. The average molecular weight is 865 g/mol. The minimum atomic E-state index is -1.27. The van der Waals surface area contributed by atoms with Crippen molar-refractivity contribution >= 4 is 44.8 Å². The number of rotatable bonds is 6. The molecule has 0 spiro atoms. The van der Waals surface area contributed by atoms with Crippen LogP contribution in [0.4, 0.5) is 0 Å². The van der Waals surface area contributed by atoms with Gasteiger partial charge in [0.05, 0.1) is 8.07 Å². The Labute approximate surface area is 316 Å². The van der Waals surface area contributed by atoms with Crippen LogP contribution in [0.25, 0.3) is 53.8 Å². The van der Waals surface area contributed by atoms with Crippen LogP contribution in [-0.2, 0) is 26.5 Å². The Bertz CT molecular complexity index is 2180. The number of pyridine rings is 2.